The Hall–Kier alpha value is -3.52. The van der Waals surface area contributed by atoms with E-state index in [1.165, 1.54) is 0 Å². The number of benzene rings is 2. The summed E-state index contributed by atoms with van der Waals surface area (Å²) in [6.07, 6.45) is 2.42. The highest BCUT2D eigenvalue weighted by atomic mass is 79.9. The van der Waals surface area contributed by atoms with E-state index in [0.717, 1.165) is 11.5 Å². The molecule has 4 aromatic rings. The highest BCUT2D eigenvalue weighted by molar-refractivity contribution is 9.10. The molecular weight excluding hydrogens is 446 g/mol. The Balaban J connectivity index is 1.43. The number of pyridine rings is 1. The van der Waals surface area contributed by atoms with Gasteiger partial charge in [0.15, 0.2) is 5.65 Å². The smallest absolute Gasteiger partial charge is 0.256 e. The second kappa shape index (κ2) is 8.87. The normalized spacial score (nSPS) is 10.7. The molecule has 0 fully saturated rings. The van der Waals surface area contributed by atoms with Crippen LogP contribution in [0.1, 0.15) is 26.5 Å². The molecule has 0 radical (unpaired) electrons. The third kappa shape index (κ3) is 4.23. The SMILES string of the molecule is O=C(Nc1ccccc1C(=O)NCCc1nnc2ccccn12)c1ccccc1Br. The maximum absolute atomic E-state index is 12.7. The topological polar surface area (TPSA) is 88.4 Å². The standard InChI is InChI=1S/C22H18BrN5O2/c23-17-9-3-1-7-15(17)22(30)25-18-10-4-2-8-16(18)21(29)24-13-12-20-27-26-19-11-5-6-14-28(19)20/h1-11,14H,12-13H2,(H,24,29)(H,25,30). The van der Waals surface area contributed by atoms with Gasteiger partial charge in [0.25, 0.3) is 11.8 Å². The van der Waals surface area contributed by atoms with E-state index < -0.39 is 0 Å². The van der Waals surface area contributed by atoms with Crippen molar-refractivity contribution in [1.29, 1.82) is 0 Å². The quantitative estimate of drug-likeness (QED) is 0.456. The summed E-state index contributed by atoms with van der Waals surface area (Å²) >= 11 is 3.37. The van der Waals surface area contributed by atoms with Crippen molar-refractivity contribution in [1.82, 2.24) is 19.9 Å². The van der Waals surface area contributed by atoms with Crippen molar-refractivity contribution in [2.45, 2.75) is 6.42 Å². The molecule has 0 bridgehead atoms. The average Bonchev–Trinajstić information content (AvgIpc) is 3.17. The van der Waals surface area contributed by atoms with Crippen LogP contribution in [0.5, 0.6) is 0 Å². The lowest BCUT2D eigenvalue weighted by Gasteiger charge is -2.12. The lowest BCUT2D eigenvalue weighted by atomic mass is 10.1. The minimum absolute atomic E-state index is 0.271. The first-order chi connectivity index (χ1) is 14.6. The summed E-state index contributed by atoms with van der Waals surface area (Å²) in [6.45, 7) is 0.390. The minimum Gasteiger partial charge on any atom is -0.352 e. The third-order valence-corrected chi connectivity index (χ3v) is 5.25. The van der Waals surface area contributed by atoms with Gasteiger partial charge in [-0.2, -0.15) is 0 Å². The lowest BCUT2D eigenvalue weighted by molar-refractivity contribution is 0.0955. The molecule has 2 aromatic heterocycles. The number of rotatable bonds is 6. The van der Waals surface area contributed by atoms with Crippen molar-refractivity contribution >= 4 is 39.1 Å². The van der Waals surface area contributed by atoms with Gasteiger partial charge in [-0.15, -0.1) is 10.2 Å². The zero-order valence-corrected chi connectivity index (χ0v) is 17.5. The second-order valence-electron chi connectivity index (χ2n) is 6.53. The first-order valence-corrected chi connectivity index (χ1v) is 10.1. The van der Waals surface area contributed by atoms with Crippen LogP contribution in [0.15, 0.2) is 77.4 Å². The van der Waals surface area contributed by atoms with Crippen LogP contribution >= 0.6 is 15.9 Å². The van der Waals surface area contributed by atoms with Crippen LogP contribution in [0.3, 0.4) is 0 Å². The third-order valence-electron chi connectivity index (χ3n) is 4.56. The molecule has 2 heterocycles. The Morgan fingerprint density at radius 2 is 1.60 bits per heavy atom. The number of carbonyl (C=O) groups excluding carboxylic acids is 2. The van der Waals surface area contributed by atoms with Gasteiger partial charge in [0.1, 0.15) is 5.82 Å². The first kappa shape index (κ1) is 19.8. The van der Waals surface area contributed by atoms with Gasteiger partial charge in [-0.05, 0) is 52.3 Å². The van der Waals surface area contributed by atoms with Crippen LogP contribution < -0.4 is 10.6 Å². The summed E-state index contributed by atoms with van der Waals surface area (Å²) in [4.78, 5) is 25.3. The zero-order chi connectivity index (χ0) is 20.9. The maximum atomic E-state index is 12.7. The number of aromatic nitrogens is 3. The summed E-state index contributed by atoms with van der Waals surface area (Å²) in [5.74, 6) is 0.200. The molecule has 0 saturated carbocycles. The number of anilines is 1. The van der Waals surface area contributed by atoms with Crippen molar-refractivity contribution in [3.8, 4) is 0 Å². The highest BCUT2D eigenvalue weighted by Crippen LogP contribution is 2.20. The summed E-state index contributed by atoms with van der Waals surface area (Å²) in [5.41, 5.74) is 2.10. The van der Waals surface area contributed by atoms with Crippen LogP contribution in [-0.4, -0.2) is 33.0 Å². The second-order valence-corrected chi connectivity index (χ2v) is 7.38. The van der Waals surface area contributed by atoms with Crippen molar-refractivity contribution in [2.75, 3.05) is 11.9 Å². The van der Waals surface area contributed by atoms with E-state index in [2.05, 4.69) is 36.8 Å². The lowest BCUT2D eigenvalue weighted by Crippen LogP contribution is -2.27. The molecule has 8 heteroatoms. The Labute approximate surface area is 181 Å². The number of nitrogens with one attached hydrogen (secondary N) is 2. The molecule has 2 amide bonds. The van der Waals surface area contributed by atoms with Gasteiger partial charge < -0.3 is 10.6 Å². The van der Waals surface area contributed by atoms with Gasteiger partial charge in [0.2, 0.25) is 0 Å². The van der Waals surface area contributed by atoms with Crippen molar-refractivity contribution < 1.29 is 9.59 Å². The van der Waals surface area contributed by atoms with Gasteiger partial charge in [-0.3, -0.25) is 14.0 Å². The van der Waals surface area contributed by atoms with Gasteiger partial charge in [0, 0.05) is 23.6 Å². The molecule has 2 N–H and O–H groups in total. The summed E-state index contributed by atoms with van der Waals surface area (Å²) in [5, 5.41) is 14.0. The number of fused-ring (bicyclic) bond motifs is 1. The zero-order valence-electron chi connectivity index (χ0n) is 15.9. The fourth-order valence-electron chi connectivity index (χ4n) is 3.07. The molecule has 0 aliphatic carbocycles. The molecular formula is C22H18BrN5O2. The molecule has 0 unspecified atom stereocenters. The van der Waals surface area contributed by atoms with Crippen molar-refractivity contribution in [3.63, 3.8) is 0 Å². The van der Waals surface area contributed by atoms with Crippen molar-refractivity contribution in [3.05, 3.63) is 94.4 Å². The number of hydrogen-bond acceptors (Lipinski definition) is 4. The Morgan fingerprint density at radius 3 is 2.43 bits per heavy atom. The van der Waals surface area contributed by atoms with Gasteiger partial charge in [-0.1, -0.05) is 30.3 Å². The number of carbonyl (C=O) groups is 2. The van der Waals surface area contributed by atoms with E-state index in [1.807, 2.05) is 34.9 Å². The molecule has 0 spiro atoms. The molecule has 0 saturated heterocycles. The highest BCUT2D eigenvalue weighted by Gasteiger charge is 2.15. The van der Waals surface area contributed by atoms with E-state index in [1.54, 1.807) is 42.5 Å². The molecule has 0 aliphatic heterocycles. The van der Waals surface area contributed by atoms with E-state index >= 15 is 0 Å². The molecule has 30 heavy (non-hydrogen) atoms. The minimum atomic E-state index is -0.294. The monoisotopic (exact) mass is 463 g/mol. The van der Waals surface area contributed by atoms with E-state index in [4.69, 9.17) is 0 Å². The Kier molecular flexibility index (Phi) is 5.85. The molecule has 150 valence electrons. The molecule has 0 aliphatic rings. The molecule has 0 atom stereocenters. The summed E-state index contributed by atoms with van der Waals surface area (Å²) < 4.78 is 2.57. The van der Waals surface area contributed by atoms with Crippen LogP contribution in [0.25, 0.3) is 5.65 Å². The Morgan fingerprint density at radius 1 is 0.867 bits per heavy atom. The maximum Gasteiger partial charge on any atom is 0.256 e. The van der Waals surface area contributed by atoms with Crippen molar-refractivity contribution in [2.24, 2.45) is 0 Å². The van der Waals surface area contributed by atoms with Crippen LogP contribution in [0.2, 0.25) is 0 Å². The van der Waals surface area contributed by atoms with E-state index in [9.17, 15) is 9.59 Å². The number of para-hydroxylation sites is 1. The van der Waals surface area contributed by atoms with Gasteiger partial charge >= 0.3 is 0 Å². The fraction of sp³-hybridized carbons (Fsp3) is 0.0909. The van der Waals surface area contributed by atoms with Crippen LogP contribution in [0, 0.1) is 0 Å². The average molecular weight is 464 g/mol. The molecule has 7 nitrogen and oxygen atoms in total. The fourth-order valence-corrected chi connectivity index (χ4v) is 3.53. The van der Waals surface area contributed by atoms with Crippen LogP contribution in [0.4, 0.5) is 5.69 Å². The van der Waals surface area contributed by atoms with Gasteiger partial charge in [0.05, 0.1) is 16.8 Å². The summed E-state index contributed by atoms with van der Waals surface area (Å²) in [7, 11) is 0. The molecule has 2 aromatic carbocycles. The predicted octanol–water partition coefficient (Wildman–Crippen LogP) is 3.72. The van der Waals surface area contributed by atoms with Crippen LogP contribution in [-0.2, 0) is 6.42 Å². The van der Waals surface area contributed by atoms with Gasteiger partial charge in [-0.25, -0.2) is 0 Å². The number of amides is 2. The number of nitrogens with zero attached hydrogens (tertiary/aromatic N) is 3. The van der Waals surface area contributed by atoms with E-state index in [0.29, 0.717) is 34.3 Å². The number of hydrogen-bond donors (Lipinski definition) is 2. The Bertz CT molecular complexity index is 1220. The molecule has 4 rings (SSSR count). The number of halogens is 1. The summed E-state index contributed by atoms with van der Waals surface area (Å²) in [6, 6.07) is 19.7. The predicted molar refractivity (Wildman–Crippen MR) is 118 cm³/mol. The largest absolute Gasteiger partial charge is 0.352 e. The van der Waals surface area contributed by atoms with E-state index in [-0.39, 0.29) is 11.8 Å². The first-order valence-electron chi connectivity index (χ1n) is 9.35.